The van der Waals surface area contributed by atoms with Crippen molar-refractivity contribution in [2.24, 2.45) is 7.05 Å². The van der Waals surface area contributed by atoms with E-state index in [2.05, 4.69) is 25.7 Å². The summed E-state index contributed by atoms with van der Waals surface area (Å²) in [6.07, 6.45) is 7.49. The van der Waals surface area contributed by atoms with Gasteiger partial charge < -0.3 is 14.8 Å². The van der Waals surface area contributed by atoms with Gasteiger partial charge in [0.2, 0.25) is 5.95 Å². The van der Waals surface area contributed by atoms with E-state index in [0.717, 1.165) is 37.7 Å². The molecule has 2 fully saturated rings. The number of aromatic nitrogens is 4. The van der Waals surface area contributed by atoms with Crippen molar-refractivity contribution >= 4 is 17.9 Å². The maximum absolute atomic E-state index is 12.5. The first-order valence-electron chi connectivity index (χ1n) is 10.5. The third-order valence-corrected chi connectivity index (χ3v) is 5.89. The van der Waals surface area contributed by atoms with E-state index >= 15 is 0 Å². The second-order valence-electron chi connectivity index (χ2n) is 8.59. The molecule has 2 aromatic rings. The average molecular weight is 428 g/mol. The second-order valence-corrected chi connectivity index (χ2v) is 8.59. The zero-order valence-electron chi connectivity index (χ0n) is 18.1. The Balaban J connectivity index is 1.30. The van der Waals surface area contributed by atoms with Gasteiger partial charge in [0.15, 0.2) is 0 Å². The number of carbonyl (C=O) groups excluding carboxylic acids is 2. The topological polar surface area (TPSA) is 120 Å². The lowest BCUT2D eigenvalue weighted by Gasteiger charge is -2.16. The van der Waals surface area contributed by atoms with Crippen molar-refractivity contribution in [3.8, 4) is 0 Å². The lowest BCUT2D eigenvalue weighted by atomic mass is 10.0. The molecule has 0 spiro atoms. The van der Waals surface area contributed by atoms with Crippen molar-refractivity contribution in [1.29, 1.82) is 0 Å². The number of amides is 2. The number of alkyl carbamates (subject to hydrolysis) is 1. The molecule has 2 aromatic heterocycles. The highest BCUT2D eigenvalue weighted by Gasteiger charge is 2.40. The van der Waals surface area contributed by atoms with Crippen LogP contribution in [0.25, 0.3) is 0 Å². The highest BCUT2D eigenvalue weighted by atomic mass is 16.6. The first-order valence-corrected chi connectivity index (χ1v) is 10.5. The molecule has 0 aromatic carbocycles. The third kappa shape index (κ3) is 5.19. The monoisotopic (exact) mass is 428 g/mol. The van der Waals surface area contributed by atoms with E-state index < -0.39 is 0 Å². The van der Waals surface area contributed by atoms with E-state index in [4.69, 9.17) is 9.47 Å². The summed E-state index contributed by atoms with van der Waals surface area (Å²) in [5, 5.41) is 9.85. The average Bonchev–Trinajstić information content (AvgIpc) is 3.11. The zero-order chi connectivity index (χ0) is 22.0. The molecule has 10 nitrogen and oxygen atoms in total. The van der Waals surface area contributed by atoms with Crippen molar-refractivity contribution < 1.29 is 19.1 Å². The molecule has 0 saturated heterocycles. The number of hydrogen-bond donors (Lipinski definition) is 2. The van der Waals surface area contributed by atoms with Crippen LogP contribution in [0, 0.1) is 0 Å². The minimum atomic E-state index is -0.338. The number of hydrogen-bond acceptors (Lipinski definition) is 7. The molecule has 0 unspecified atom stereocenters. The van der Waals surface area contributed by atoms with Crippen LogP contribution in [0.5, 0.6) is 0 Å². The van der Waals surface area contributed by atoms with E-state index in [1.54, 1.807) is 32.6 Å². The standard InChI is InChI=1S/C21H28N6O4/c1-21(6-7-21)25-20(29)31-16-5-4-13(8-16)14-10-22-19(23-11-14)24-18(28)17-9-15(12-30-3)26-27(17)2/h9-11,13,16H,4-8,12H2,1-3H3,(H,25,29)(H,22,23,24,28)/t13-,16+/m0/s1. The quantitative estimate of drug-likeness (QED) is 0.695. The number of anilines is 1. The molecule has 10 heteroatoms. The largest absolute Gasteiger partial charge is 0.446 e. The van der Waals surface area contributed by atoms with Gasteiger partial charge in [0.25, 0.3) is 5.91 Å². The van der Waals surface area contributed by atoms with Gasteiger partial charge in [0.05, 0.1) is 12.3 Å². The summed E-state index contributed by atoms with van der Waals surface area (Å²) in [5.41, 5.74) is 1.96. The van der Waals surface area contributed by atoms with E-state index in [1.807, 2.05) is 6.92 Å². The number of carbonyl (C=O) groups is 2. The Hall–Kier alpha value is -3.01. The SMILES string of the molecule is COCc1cc(C(=O)Nc2ncc([C@H]3CC[C@@H](OC(=O)NC4(C)CC4)C3)cn2)n(C)n1. The molecular formula is C21H28N6O4. The summed E-state index contributed by atoms with van der Waals surface area (Å²) in [6, 6.07) is 1.67. The molecule has 2 aliphatic rings. The number of ether oxygens (including phenoxy) is 2. The van der Waals surface area contributed by atoms with E-state index in [1.165, 1.54) is 4.68 Å². The van der Waals surface area contributed by atoms with Gasteiger partial charge >= 0.3 is 6.09 Å². The Labute approximate surface area is 180 Å². The lowest BCUT2D eigenvalue weighted by molar-refractivity contribution is 0.0966. The van der Waals surface area contributed by atoms with Crippen LogP contribution in [-0.4, -0.2) is 50.5 Å². The Kier molecular flexibility index (Phi) is 5.90. The highest BCUT2D eigenvalue weighted by molar-refractivity contribution is 6.02. The van der Waals surface area contributed by atoms with Crippen molar-refractivity contribution in [1.82, 2.24) is 25.1 Å². The van der Waals surface area contributed by atoms with Crippen LogP contribution in [0.4, 0.5) is 10.7 Å². The van der Waals surface area contributed by atoms with Gasteiger partial charge in [-0.15, -0.1) is 0 Å². The fraction of sp³-hybridized carbons (Fsp3) is 0.571. The summed E-state index contributed by atoms with van der Waals surface area (Å²) >= 11 is 0. The molecular weight excluding hydrogens is 400 g/mol. The van der Waals surface area contributed by atoms with Gasteiger partial charge in [-0.1, -0.05) is 0 Å². The van der Waals surface area contributed by atoms with Gasteiger partial charge in [0.1, 0.15) is 11.8 Å². The maximum Gasteiger partial charge on any atom is 0.407 e. The predicted molar refractivity (Wildman–Crippen MR) is 112 cm³/mol. The van der Waals surface area contributed by atoms with Gasteiger partial charge in [-0.25, -0.2) is 14.8 Å². The molecule has 0 bridgehead atoms. The summed E-state index contributed by atoms with van der Waals surface area (Å²) in [6.45, 7) is 2.36. The summed E-state index contributed by atoms with van der Waals surface area (Å²) in [5.74, 6) is 0.119. The number of aryl methyl sites for hydroxylation is 1. The van der Waals surface area contributed by atoms with Crippen LogP contribution >= 0.6 is 0 Å². The van der Waals surface area contributed by atoms with Crippen LogP contribution in [0.1, 0.15) is 66.7 Å². The predicted octanol–water partition coefficient (Wildman–Crippen LogP) is 2.52. The van der Waals surface area contributed by atoms with Crippen LogP contribution < -0.4 is 10.6 Å². The minimum absolute atomic E-state index is 0.0793. The second kappa shape index (κ2) is 8.62. The van der Waals surface area contributed by atoms with E-state index in [9.17, 15) is 9.59 Å². The van der Waals surface area contributed by atoms with E-state index in [0.29, 0.717) is 18.0 Å². The molecule has 2 amide bonds. The first kappa shape index (κ1) is 21.2. The number of methoxy groups -OCH3 is 1. The minimum Gasteiger partial charge on any atom is -0.446 e. The highest BCUT2D eigenvalue weighted by Crippen LogP contribution is 2.37. The normalized spacial score (nSPS) is 21.5. The smallest absolute Gasteiger partial charge is 0.407 e. The summed E-state index contributed by atoms with van der Waals surface area (Å²) in [7, 11) is 3.27. The molecule has 2 aliphatic carbocycles. The van der Waals surface area contributed by atoms with Crippen molar-refractivity contribution in [2.45, 2.75) is 63.2 Å². The summed E-state index contributed by atoms with van der Waals surface area (Å²) < 4.78 is 12.1. The lowest BCUT2D eigenvalue weighted by Crippen LogP contribution is -2.36. The van der Waals surface area contributed by atoms with Gasteiger partial charge in [0, 0.05) is 32.1 Å². The number of nitrogens with zero attached hydrogens (tertiary/aromatic N) is 4. The van der Waals surface area contributed by atoms with Crippen LogP contribution in [-0.2, 0) is 23.1 Å². The summed E-state index contributed by atoms with van der Waals surface area (Å²) in [4.78, 5) is 33.1. The van der Waals surface area contributed by atoms with Gasteiger partial charge in [-0.05, 0) is 56.6 Å². The molecule has 4 rings (SSSR count). The molecule has 2 atom stereocenters. The first-order chi connectivity index (χ1) is 14.8. The van der Waals surface area contributed by atoms with Crippen LogP contribution in [0.2, 0.25) is 0 Å². The van der Waals surface area contributed by atoms with Crippen molar-refractivity contribution in [3.63, 3.8) is 0 Å². The number of nitrogens with one attached hydrogen (secondary N) is 2. The Morgan fingerprint density at radius 2 is 2.00 bits per heavy atom. The zero-order valence-corrected chi connectivity index (χ0v) is 18.1. The molecule has 166 valence electrons. The Morgan fingerprint density at radius 1 is 1.26 bits per heavy atom. The van der Waals surface area contributed by atoms with Crippen LogP contribution in [0.3, 0.4) is 0 Å². The fourth-order valence-electron chi connectivity index (χ4n) is 3.83. The Bertz CT molecular complexity index is 953. The van der Waals surface area contributed by atoms with Crippen molar-refractivity contribution in [3.05, 3.63) is 35.4 Å². The van der Waals surface area contributed by atoms with Crippen molar-refractivity contribution in [2.75, 3.05) is 12.4 Å². The van der Waals surface area contributed by atoms with Gasteiger partial charge in [-0.3, -0.25) is 14.8 Å². The van der Waals surface area contributed by atoms with Gasteiger partial charge in [-0.2, -0.15) is 5.10 Å². The molecule has 2 N–H and O–H groups in total. The molecule has 0 aliphatic heterocycles. The molecule has 2 heterocycles. The van der Waals surface area contributed by atoms with Crippen LogP contribution in [0.15, 0.2) is 18.5 Å². The maximum atomic E-state index is 12.5. The Morgan fingerprint density at radius 3 is 2.68 bits per heavy atom. The molecule has 0 radical (unpaired) electrons. The fourth-order valence-corrected chi connectivity index (χ4v) is 3.83. The van der Waals surface area contributed by atoms with E-state index in [-0.39, 0.29) is 35.5 Å². The number of rotatable bonds is 7. The molecule has 31 heavy (non-hydrogen) atoms. The molecule has 2 saturated carbocycles. The third-order valence-electron chi connectivity index (χ3n) is 5.89.